The molecule has 27 heavy (non-hydrogen) atoms. The maximum Gasteiger partial charge on any atom is 0.310 e. The monoisotopic (exact) mass is 395 g/mol. The number of rotatable bonds is 5. The molecule has 0 bridgehead atoms. The Hall–Kier alpha value is -2.13. The van der Waals surface area contributed by atoms with Gasteiger partial charge in [0.15, 0.2) is 0 Å². The fourth-order valence-corrected chi connectivity index (χ4v) is 5.51. The van der Waals surface area contributed by atoms with Crippen LogP contribution < -0.4 is 10.0 Å². The minimum absolute atomic E-state index is 0.00918. The van der Waals surface area contributed by atoms with E-state index in [1.165, 1.54) is 8.61 Å². The number of piperidine rings is 1. The molecule has 1 aromatic carbocycles. The van der Waals surface area contributed by atoms with Crippen LogP contribution in [0.3, 0.4) is 0 Å². The number of anilines is 1. The highest BCUT2D eigenvalue weighted by molar-refractivity contribution is 7.90. The average Bonchev–Trinajstić information content (AvgIpc) is 2.67. The second kappa shape index (κ2) is 7.85. The van der Waals surface area contributed by atoms with Crippen LogP contribution in [0, 0.1) is 11.8 Å². The average molecular weight is 395 g/mol. The highest BCUT2D eigenvalue weighted by atomic mass is 32.2. The van der Waals surface area contributed by atoms with Crippen molar-refractivity contribution in [2.75, 3.05) is 30.5 Å². The lowest BCUT2D eigenvalue weighted by molar-refractivity contribution is -0.149. The lowest BCUT2D eigenvalue weighted by atomic mass is 9.93. The summed E-state index contributed by atoms with van der Waals surface area (Å²) in [7, 11) is -3.90. The first-order chi connectivity index (χ1) is 12.8. The number of nitrogens with zero attached hydrogens (tertiary/aromatic N) is 2. The van der Waals surface area contributed by atoms with E-state index in [1.54, 1.807) is 19.1 Å². The van der Waals surface area contributed by atoms with Crippen LogP contribution in [-0.2, 0) is 31.0 Å². The molecule has 148 valence electrons. The summed E-state index contributed by atoms with van der Waals surface area (Å²) in [6.45, 7) is 2.42. The highest BCUT2D eigenvalue weighted by Gasteiger charge is 2.40. The Kier molecular flexibility index (Phi) is 5.71. The van der Waals surface area contributed by atoms with Crippen LogP contribution in [0.25, 0.3) is 0 Å². The second-order valence-corrected chi connectivity index (χ2v) is 8.77. The summed E-state index contributed by atoms with van der Waals surface area (Å²) >= 11 is 0. The van der Waals surface area contributed by atoms with Gasteiger partial charge < -0.3 is 10.5 Å². The number of nitrogens with two attached hydrogens (primary N) is 1. The molecule has 0 unspecified atom stereocenters. The molecule has 2 atom stereocenters. The summed E-state index contributed by atoms with van der Waals surface area (Å²) < 4.78 is 34.3. The van der Waals surface area contributed by atoms with Crippen LogP contribution in [-0.4, -0.2) is 50.8 Å². The number of fused-ring (bicyclic) bond motifs is 1. The summed E-state index contributed by atoms with van der Waals surface area (Å²) in [5, 5.41) is 0. The zero-order valence-corrected chi connectivity index (χ0v) is 16.2. The van der Waals surface area contributed by atoms with Crippen LogP contribution in [0.5, 0.6) is 0 Å². The third-order valence-corrected chi connectivity index (χ3v) is 7.01. The summed E-state index contributed by atoms with van der Waals surface area (Å²) in [5.41, 5.74) is 6.80. The maximum atomic E-state index is 13.3. The Bertz CT molecular complexity index is 826. The Morgan fingerprint density at radius 1 is 1.22 bits per heavy atom. The fourth-order valence-electron chi connectivity index (χ4n) is 3.71. The van der Waals surface area contributed by atoms with Gasteiger partial charge in [-0.15, -0.1) is 0 Å². The maximum absolute atomic E-state index is 13.3. The Labute approximate surface area is 159 Å². The first-order valence-electron chi connectivity index (χ1n) is 9.16. The van der Waals surface area contributed by atoms with Crippen molar-refractivity contribution in [1.29, 1.82) is 0 Å². The third kappa shape index (κ3) is 3.93. The molecule has 3 rings (SSSR count). The standard InChI is InChI=1S/C18H25N3O5S/c1-2-26-18(23)14-7-5-9-20(11-14)27(24,25)21-12-15(17(19)22)10-13-6-3-4-8-16(13)21/h3-4,6,8,14-15H,2,5,7,9-12H2,1H3,(H2,19,22)/t14-,15-/m1/s1. The molecular weight excluding hydrogens is 370 g/mol. The number of hydrogen-bond acceptors (Lipinski definition) is 5. The van der Waals surface area contributed by atoms with Crippen LogP contribution in [0.4, 0.5) is 5.69 Å². The van der Waals surface area contributed by atoms with E-state index in [0.717, 1.165) is 5.56 Å². The molecule has 8 nitrogen and oxygen atoms in total. The molecule has 2 aliphatic rings. The highest BCUT2D eigenvalue weighted by Crippen LogP contribution is 2.34. The van der Waals surface area contributed by atoms with Crippen molar-refractivity contribution in [2.24, 2.45) is 17.6 Å². The number of benzene rings is 1. The first-order valence-corrected chi connectivity index (χ1v) is 10.6. The van der Waals surface area contributed by atoms with Gasteiger partial charge in [-0.1, -0.05) is 18.2 Å². The predicted molar refractivity (Wildman–Crippen MR) is 100 cm³/mol. The van der Waals surface area contributed by atoms with E-state index < -0.39 is 28.0 Å². The van der Waals surface area contributed by atoms with E-state index in [4.69, 9.17) is 10.5 Å². The fraction of sp³-hybridized carbons (Fsp3) is 0.556. The van der Waals surface area contributed by atoms with Gasteiger partial charge in [-0.25, -0.2) is 0 Å². The molecule has 0 aliphatic carbocycles. The number of carbonyl (C=O) groups is 2. The summed E-state index contributed by atoms with van der Waals surface area (Å²) in [6, 6.07) is 7.12. The van der Waals surface area contributed by atoms with Crippen LogP contribution in [0.1, 0.15) is 25.3 Å². The minimum Gasteiger partial charge on any atom is -0.466 e. The largest absolute Gasteiger partial charge is 0.466 e. The van der Waals surface area contributed by atoms with Gasteiger partial charge in [-0.2, -0.15) is 12.7 Å². The van der Waals surface area contributed by atoms with E-state index in [2.05, 4.69) is 0 Å². The third-order valence-electron chi connectivity index (χ3n) is 5.12. The van der Waals surface area contributed by atoms with Crippen LogP contribution in [0.2, 0.25) is 0 Å². The number of hydrogen-bond donors (Lipinski definition) is 1. The van der Waals surface area contributed by atoms with Gasteiger partial charge in [-0.3, -0.25) is 13.9 Å². The number of carbonyl (C=O) groups excluding carboxylic acids is 2. The molecule has 0 aromatic heterocycles. The minimum atomic E-state index is -3.90. The van der Waals surface area contributed by atoms with E-state index in [0.29, 0.717) is 31.5 Å². The summed E-state index contributed by atoms with van der Waals surface area (Å²) in [5.74, 6) is -1.94. The van der Waals surface area contributed by atoms with Gasteiger partial charge in [-0.05, 0) is 37.8 Å². The second-order valence-electron chi connectivity index (χ2n) is 6.92. The van der Waals surface area contributed by atoms with Gasteiger partial charge >= 0.3 is 16.2 Å². The quantitative estimate of drug-likeness (QED) is 0.737. The molecule has 1 amide bonds. The zero-order chi connectivity index (χ0) is 19.6. The molecule has 0 radical (unpaired) electrons. The zero-order valence-electron chi connectivity index (χ0n) is 15.3. The molecule has 0 spiro atoms. The molecule has 0 saturated carbocycles. The molecule has 9 heteroatoms. The Morgan fingerprint density at radius 3 is 2.67 bits per heavy atom. The molecule has 1 fully saturated rings. The van der Waals surface area contributed by atoms with Gasteiger partial charge in [0, 0.05) is 19.6 Å². The van der Waals surface area contributed by atoms with Crippen molar-refractivity contribution in [2.45, 2.75) is 26.2 Å². The molecule has 2 aliphatic heterocycles. The molecule has 1 saturated heterocycles. The van der Waals surface area contributed by atoms with E-state index in [1.807, 2.05) is 12.1 Å². The normalized spacial score (nSPS) is 23.5. The number of ether oxygens (including phenoxy) is 1. The smallest absolute Gasteiger partial charge is 0.310 e. The van der Waals surface area contributed by atoms with E-state index in [-0.39, 0.29) is 25.7 Å². The van der Waals surface area contributed by atoms with Gasteiger partial charge in [0.1, 0.15) is 0 Å². The van der Waals surface area contributed by atoms with Gasteiger partial charge in [0.2, 0.25) is 5.91 Å². The number of primary amides is 1. The Balaban J connectivity index is 1.89. The number of para-hydroxylation sites is 1. The molecular formula is C18H25N3O5S. The van der Waals surface area contributed by atoms with Crippen molar-refractivity contribution < 1.29 is 22.7 Å². The summed E-state index contributed by atoms with van der Waals surface area (Å²) in [4.78, 5) is 23.8. The van der Waals surface area contributed by atoms with Gasteiger partial charge in [0.05, 0.1) is 24.1 Å². The molecule has 2 heterocycles. The SMILES string of the molecule is CCOC(=O)[C@@H]1CCCN(S(=O)(=O)N2C[C@H](C(N)=O)Cc3ccccc32)C1. The van der Waals surface area contributed by atoms with E-state index >= 15 is 0 Å². The topological polar surface area (TPSA) is 110 Å². The molecule has 2 N–H and O–H groups in total. The van der Waals surface area contributed by atoms with Crippen molar-refractivity contribution in [3.05, 3.63) is 29.8 Å². The van der Waals surface area contributed by atoms with Crippen LogP contribution in [0.15, 0.2) is 24.3 Å². The van der Waals surface area contributed by atoms with E-state index in [9.17, 15) is 18.0 Å². The Morgan fingerprint density at radius 2 is 1.96 bits per heavy atom. The van der Waals surface area contributed by atoms with Crippen molar-refractivity contribution in [3.63, 3.8) is 0 Å². The summed E-state index contributed by atoms with van der Waals surface area (Å²) in [6.07, 6.45) is 1.60. The number of esters is 1. The molecule has 1 aromatic rings. The predicted octanol–water partition coefficient (Wildman–Crippen LogP) is 0.671. The number of amides is 1. The van der Waals surface area contributed by atoms with Crippen molar-refractivity contribution in [3.8, 4) is 0 Å². The first kappa shape index (κ1) is 19.6. The lowest BCUT2D eigenvalue weighted by Crippen LogP contribution is -2.53. The van der Waals surface area contributed by atoms with Crippen molar-refractivity contribution >= 4 is 27.8 Å². The van der Waals surface area contributed by atoms with Crippen LogP contribution >= 0.6 is 0 Å². The van der Waals surface area contributed by atoms with Crippen molar-refractivity contribution in [1.82, 2.24) is 4.31 Å². The lowest BCUT2D eigenvalue weighted by Gasteiger charge is -2.39. The van der Waals surface area contributed by atoms with Gasteiger partial charge in [0.25, 0.3) is 0 Å².